The number of rotatable bonds is 2. The Balaban J connectivity index is 1.70. The zero-order valence-electron chi connectivity index (χ0n) is 12.7. The Morgan fingerprint density at radius 3 is 2.91 bits per heavy atom. The van der Waals surface area contributed by atoms with E-state index in [1.54, 1.807) is 22.1 Å². The van der Waals surface area contributed by atoms with E-state index in [4.69, 9.17) is 0 Å². The summed E-state index contributed by atoms with van der Waals surface area (Å²) < 4.78 is 1.29. The van der Waals surface area contributed by atoms with Gasteiger partial charge >= 0.3 is 5.69 Å². The van der Waals surface area contributed by atoms with Crippen molar-refractivity contribution in [2.45, 2.75) is 25.8 Å². The number of amides is 2. The number of carbonyl (C=O) groups excluding carboxylic acids is 2. The van der Waals surface area contributed by atoms with Crippen LogP contribution in [-0.2, 0) is 16.1 Å². The first-order chi connectivity index (χ1) is 10.5. The minimum Gasteiger partial charge on any atom is -0.345 e. The highest BCUT2D eigenvalue weighted by Gasteiger charge is 2.48. The lowest BCUT2D eigenvalue weighted by Gasteiger charge is -2.37. The average Bonchev–Trinajstić information content (AvgIpc) is 2.93. The minimum absolute atomic E-state index is 0.0210. The van der Waals surface area contributed by atoms with Crippen LogP contribution in [-0.4, -0.2) is 57.8 Å². The first kappa shape index (κ1) is 14.7. The summed E-state index contributed by atoms with van der Waals surface area (Å²) in [5, 5.41) is 0. The maximum atomic E-state index is 12.5. The summed E-state index contributed by atoms with van der Waals surface area (Å²) in [6.45, 7) is 1.81. The van der Waals surface area contributed by atoms with Crippen LogP contribution in [0.4, 0.5) is 0 Å². The van der Waals surface area contributed by atoms with Gasteiger partial charge in [0.2, 0.25) is 11.8 Å². The fourth-order valence-corrected chi connectivity index (χ4v) is 3.49. The molecular weight excluding hydrogens is 284 g/mol. The fraction of sp³-hybridized carbons (Fsp3) is 0.600. The molecule has 2 fully saturated rings. The van der Waals surface area contributed by atoms with Gasteiger partial charge in [0, 0.05) is 39.1 Å². The molecule has 0 N–H and O–H groups in total. The van der Waals surface area contributed by atoms with E-state index in [-0.39, 0.29) is 18.4 Å². The molecule has 3 heterocycles. The number of carbonyl (C=O) groups is 2. The van der Waals surface area contributed by atoms with Crippen LogP contribution < -0.4 is 5.69 Å². The SMILES string of the molecule is CN1CCC[C@]2(CCN(C(=O)Cn3cccnc3=O)C2)C1=O. The summed E-state index contributed by atoms with van der Waals surface area (Å²) in [6.07, 6.45) is 5.49. The Kier molecular flexibility index (Phi) is 3.72. The van der Waals surface area contributed by atoms with Crippen LogP contribution in [0.5, 0.6) is 0 Å². The summed E-state index contributed by atoms with van der Waals surface area (Å²) in [4.78, 5) is 43.5. The van der Waals surface area contributed by atoms with E-state index in [9.17, 15) is 14.4 Å². The Morgan fingerprint density at radius 1 is 1.32 bits per heavy atom. The Hall–Kier alpha value is -2.18. The van der Waals surface area contributed by atoms with E-state index in [0.717, 1.165) is 19.4 Å². The zero-order chi connectivity index (χ0) is 15.7. The van der Waals surface area contributed by atoms with E-state index in [2.05, 4.69) is 4.98 Å². The van der Waals surface area contributed by atoms with E-state index in [1.807, 2.05) is 7.05 Å². The lowest BCUT2D eigenvalue weighted by molar-refractivity contribution is -0.144. The number of hydrogen-bond acceptors (Lipinski definition) is 4. The summed E-state index contributed by atoms with van der Waals surface area (Å²) in [6, 6.07) is 1.62. The van der Waals surface area contributed by atoms with Crippen molar-refractivity contribution in [1.82, 2.24) is 19.4 Å². The lowest BCUT2D eigenvalue weighted by atomic mass is 9.78. The van der Waals surface area contributed by atoms with Gasteiger partial charge in [-0.25, -0.2) is 9.78 Å². The van der Waals surface area contributed by atoms with Crippen LogP contribution in [0.3, 0.4) is 0 Å². The van der Waals surface area contributed by atoms with E-state index < -0.39 is 11.1 Å². The molecule has 0 saturated carbocycles. The van der Waals surface area contributed by atoms with Crippen LogP contribution in [0.25, 0.3) is 0 Å². The number of hydrogen-bond donors (Lipinski definition) is 0. The lowest BCUT2D eigenvalue weighted by Crippen LogP contribution is -2.49. The molecule has 0 unspecified atom stereocenters. The van der Waals surface area contributed by atoms with E-state index >= 15 is 0 Å². The van der Waals surface area contributed by atoms with Crippen molar-refractivity contribution in [2.24, 2.45) is 5.41 Å². The summed E-state index contributed by atoms with van der Waals surface area (Å²) in [5.74, 6) is 0.0144. The second kappa shape index (κ2) is 5.55. The topological polar surface area (TPSA) is 75.5 Å². The van der Waals surface area contributed by atoms with Crippen LogP contribution in [0.2, 0.25) is 0 Å². The van der Waals surface area contributed by atoms with Gasteiger partial charge in [0.1, 0.15) is 6.54 Å². The van der Waals surface area contributed by atoms with Crippen molar-refractivity contribution in [1.29, 1.82) is 0 Å². The maximum Gasteiger partial charge on any atom is 0.347 e. The first-order valence-corrected chi connectivity index (χ1v) is 7.57. The fourth-order valence-electron chi connectivity index (χ4n) is 3.49. The van der Waals surface area contributed by atoms with Crippen LogP contribution in [0.15, 0.2) is 23.3 Å². The Labute approximate surface area is 128 Å². The normalized spacial score (nSPS) is 25.0. The number of nitrogens with zero attached hydrogens (tertiary/aromatic N) is 4. The molecule has 7 nitrogen and oxygen atoms in total. The molecule has 2 amide bonds. The first-order valence-electron chi connectivity index (χ1n) is 7.57. The molecule has 0 radical (unpaired) electrons. The molecule has 7 heteroatoms. The molecular formula is C15H20N4O3. The van der Waals surface area contributed by atoms with Gasteiger partial charge < -0.3 is 9.80 Å². The molecule has 118 valence electrons. The molecule has 0 bridgehead atoms. The van der Waals surface area contributed by atoms with Gasteiger partial charge in [-0.05, 0) is 25.3 Å². The monoisotopic (exact) mass is 304 g/mol. The zero-order valence-corrected chi connectivity index (χ0v) is 12.7. The van der Waals surface area contributed by atoms with E-state index in [1.165, 1.54) is 10.8 Å². The minimum atomic E-state index is -0.432. The predicted octanol–water partition coefficient (Wildman–Crippen LogP) is -0.286. The van der Waals surface area contributed by atoms with Crippen molar-refractivity contribution in [3.8, 4) is 0 Å². The van der Waals surface area contributed by atoms with Gasteiger partial charge in [0.25, 0.3) is 0 Å². The third-order valence-corrected chi connectivity index (χ3v) is 4.74. The Morgan fingerprint density at radius 2 is 2.14 bits per heavy atom. The highest BCUT2D eigenvalue weighted by atomic mass is 16.2. The molecule has 22 heavy (non-hydrogen) atoms. The molecule has 0 aromatic carbocycles. The molecule has 1 atom stereocenters. The van der Waals surface area contributed by atoms with Gasteiger partial charge in [0.05, 0.1) is 5.41 Å². The van der Waals surface area contributed by atoms with Crippen molar-refractivity contribution in [3.05, 3.63) is 28.9 Å². The summed E-state index contributed by atoms with van der Waals surface area (Å²) >= 11 is 0. The average molecular weight is 304 g/mol. The largest absolute Gasteiger partial charge is 0.347 e. The smallest absolute Gasteiger partial charge is 0.345 e. The van der Waals surface area contributed by atoms with Gasteiger partial charge in [-0.1, -0.05) is 0 Å². The molecule has 1 spiro atoms. The third kappa shape index (κ3) is 2.51. The number of aromatic nitrogens is 2. The number of piperidine rings is 1. The summed E-state index contributed by atoms with van der Waals surface area (Å²) in [5.41, 5.74) is -0.846. The predicted molar refractivity (Wildman–Crippen MR) is 79.0 cm³/mol. The van der Waals surface area contributed by atoms with Crippen molar-refractivity contribution >= 4 is 11.8 Å². The standard InChI is InChI=1S/C15H20N4O3/c1-17-7-2-4-15(13(17)21)5-9-19(11-15)12(20)10-18-8-3-6-16-14(18)22/h3,6,8H,2,4-5,7,9-11H2,1H3/t15-/m1/s1. The summed E-state index contributed by atoms with van der Waals surface area (Å²) in [7, 11) is 1.82. The number of likely N-dealkylation sites (tertiary alicyclic amines) is 2. The molecule has 2 aliphatic heterocycles. The second-order valence-corrected chi connectivity index (χ2v) is 6.21. The maximum absolute atomic E-state index is 12.5. The van der Waals surface area contributed by atoms with Crippen molar-refractivity contribution < 1.29 is 9.59 Å². The van der Waals surface area contributed by atoms with Gasteiger partial charge in [0.15, 0.2) is 0 Å². The molecule has 1 aromatic heterocycles. The molecule has 0 aliphatic carbocycles. The van der Waals surface area contributed by atoms with Gasteiger partial charge in [-0.15, -0.1) is 0 Å². The van der Waals surface area contributed by atoms with Crippen molar-refractivity contribution in [2.75, 3.05) is 26.7 Å². The molecule has 3 rings (SSSR count). The quantitative estimate of drug-likeness (QED) is 0.753. The van der Waals surface area contributed by atoms with E-state index in [0.29, 0.717) is 19.5 Å². The van der Waals surface area contributed by atoms with Crippen LogP contribution in [0, 0.1) is 5.41 Å². The van der Waals surface area contributed by atoms with Crippen molar-refractivity contribution in [3.63, 3.8) is 0 Å². The van der Waals surface area contributed by atoms with Gasteiger partial charge in [-0.3, -0.25) is 14.2 Å². The molecule has 2 saturated heterocycles. The second-order valence-electron chi connectivity index (χ2n) is 6.21. The highest BCUT2D eigenvalue weighted by Crippen LogP contribution is 2.39. The van der Waals surface area contributed by atoms with Crippen LogP contribution >= 0.6 is 0 Å². The van der Waals surface area contributed by atoms with Crippen LogP contribution in [0.1, 0.15) is 19.3 Å². The van der Waals surface area contributed by atoms with Gasteiger partial charge in [-0.2, -0.15) is 0 Å². The third-order valence-electron chi connectivity index (χ3n) is 4.74. The molecule has 1 aromatic rings. The molecule has 2 aliphatic rings. The highest BCUT2D eigenvalue weighted by molar-refractivity contribution is 5.85. The Bertz CT molecular complexity index is 656.